The van der Waals surface area contributed by atoms with Gasteiger partial charge in [-0.1, -0.05) is 0 Å². The SMILES string of the molecule is CC1CC(N)CCN1C(=O)CC1CCSCC1. The fourth-order valence-corrected chi connectivity index (χ4v) is 4.10. The maximum atomic E-state index is 12.3. The third-order valence-electron chi connectivity index (χ3n) is 4.04. The molecule has 2 N–H and O–H groups in total. The Bertz CT molecular complexity index is 266. The molecule has 0 aromatic carbocycles. The predicted octanol–water partition coefficient (Wildman–Crippen LogP) is 1.86. The van der Waals surface area contributed by atoms with Crippen LogP contribution in [0.2, 0.25) is 0 Å². The molecule has 2 heterocycles. The van der Waals surface area contributed by atoms with Crippen LogP contribution in [0, 0.1) is 5.92 Å². The minimum Gasteiger partial charge on any atom is -0.340 e. The molecule has 0 saturated carbocycles. The first-order valence-corrected chi connectivity index (χ1v) is 7.95. The van der Waals surface area contributed by atoms with Gasteiger partial charge in [0.1, 0.15) is 0 Å². The number of likely N-dealkylation sites (tertiary alicyclic amines) is 1. The fraction of sp³-hybridized carbons (Fsp3) is 0.923. The Kier molecular flexibility index (Phi) is 4.74. The minimum absolute atomic E-state index is 0.292. The lowest BCUT2D eigenvalue weighted by Crippen LogP contribution is -2.48. The zero-order valence-corrected chi connectivity index (χ0v) is 11.5. The third-order valence-corrected chi connectivity index (χ3v) is 5.09. The van der Waals surface area contributed by atoms with E-state index >= 15 is 0 Å². The summed E-state index contributed by atoms with van der Waals surface area (Å²) in [6, 6.07) is 0.629. The molecular weight excluding hydrogens is 232 g/mol. The van der Waals surface area contributed by atoms with Gasteiger partial charge in [-0.05, 0) is 50.0 Å². The largest absolute Gasteiger partial charge is 0.340 e. The summed E-state index contributed by atoms with van der Waals surface area (Å²) in [6.07, 6.45) is 5.14. The third kappa shape index (κ3) is 3.62. The van der Waals surface area contributed by atoms with Gasteiger partial charge >= 0.3 is 0 Å². The number of thioether (sulfide) groups is 1. The summed E-state index contributed by atoms with van der Waals surface area (Å²) in [5.41, 5.74) is 5.93. The topological polar surface area (TPSA) is 46.3 Å². The lowest BCUT2D eigenvalue weighted by Gasteiger charge is -2.37. The second kappa shape index (κ2) is 6.10. The molecule has 4 heteroatoms. The molecule has 0 aromatic heterocycles. The van der Waals surface area contributed by atoms with E-state index in [1.54, 1.807) is 0 Å². The molecule has 2 fully saturated rings. The van der Waals surface area contributed by atoms with Crippen LogP contribution in [0.5, 0.6) is 0 Å². The van der Waals surface area contributed by atoms with Gasteiger partial charge in [-0.2, -0.15) is 11.8 Å². The summed E-state index contributed by atoms with van der Waals surface area (Å²) in [7, 11) is 0. The van der Waals surface area contributed by atoms with Crippen molar-refractivity contribution in [3.8, 4) is 0 Å². The summed E-state index contributed by atoms with van der Waals surface area (Å²) in [5.74, 6) is 3.46. The van der Waals surface area contributed by atoms with Crippen molar-refractivity contribution in [3.63, 3.8) is 0 Å². The number of hydrogen-bond acceptors (Lipinski definition) is 3. The second-order valence-electron chi connectivity index (χ2n) is 5.48. The van der Waals surface area contributed by atoms with E-state index in [0.717, 1.165) is 25.8 Å². The van der Waals surface area contributed by atoms with Crippen molar-refractivity contribution in [2.24, 2.45) is 11.7 Å². The molecule has 98 valence electrons. The maximum absolute atomic E-state index is 12.3. The van der Waals surface area contributed by atoms with Crippen LogP contribution in [-0.2, 0) is 4.79 Å². The monoisotopic (exact) mass is 256 g/mol. The highest BCUT2D eigenvalue weighted by molar-refractivity contribution is 7.99. The summed E-state index contributed by atoms with van der Waals surface area (Å²) in [6.45, 7) is 3.00. The summed E-state index contributed by atoms with van der Waals surface area (Å²) < 4.78 is 0. The van der Waals surface area contributed by atoms with Gasteiger partial charge in [-0.3, -0.25) is 4.79 Å². The first kappa shape index (κ1) is 13.2. The lowest BCUT2D eigenvalue weighted by atomic mass is 9.95. The summed E-state index contributed by atoms with van der Waals surface area (Å²) in [5, 5.41) is 0. The Morgan fingerprint density at radius 3 is 2.71 bits per heavy atom. The average molecular weight is 256 g/mol. The highest BCUT2D eigenvalue weighted by Crippen LogP contribution is 2.27. The van der Waals surface area contributed by atoms with Gasteiger partial charge in [0.05, 0.1) is 0 Å². The highest BCUT2D eigenvalue weighted by atomic mass is 32.2. The Morgan fingerprint density at radius 1 is 1.35 bits per heavy atom. The smallest absolute Gasteiger partial charge is 0.223 e. The number of nitrogens with zero attached hydrogens (tertiary/aromatic N) is 1. The molecule has 0 aromatic rings. The zero-order valence-electron chi connectivity index (χ0n) is 10.7. The van der Waals surface area contributed by atoms with E-state index in [1.165, 1.54) is 24.3 Å². The molecule has 3 nitrogen and oxygen atoms in total. The van der Waals surface area contributed by atoms with E-state index in [0.29, 0.717) is 23.9 Å². The molecule has 2 saturated heterocycles. The molecule has 2 aliphatic heterocycles. The Morgan fingerprint density at radius 2 is 2.06 bits per heavy atom. The van der Waals surface area contributed by atoms with E-state index in [4.69, 9.17) is 5.73 Å². The van der Waals surface area contributed by atoms with Gasteiger partial charge in [-0.25, -0.2) is 0 Å². The van der Waals surface area contributed by atoms with Crippen LogP contribution in [0.3, 0.4) is 0 Å². The van der Waals surface area contributed by atoms with Crippen molar-refractivity contribution in [1.29, 1.82) is 0 Å². The van der Waals surface area contributed by atoms with Gasteiger partial charge in [0.15, 0.2) is 0 Å². The van der Waals surface area contributed by atoms with E-state index < -0.39 is 0 Å². The minimum atomic E-state index is 0.292. The quantitative estimate of drug-likeness (QED) is 0.820. The fourth-order valence-electron chi connectivity index (χ4n) is 2.89. The van der Waals surface area contributed by atoms with Crippen molar-refractivity contribution in [2.45, 2.75) is 51.1 Å². The van der Waals surface area contributed by atoms with Crippen molar-refractivity contribution in [2.75, 3.05) is 18.1 Å². The highest BCUT2D eigenvalue weighted by Gasteiger charge is 2.28. The molecule has 2 rings (SSSR count). The first-order chi connectivity index (χ1) is 8.16. The molecule has 17 heavy (non-hydrogen) atoms. The van der Waals surface area contributed by atoms with Crippen LogP contribution in [-0.4, -0.2) is 40.9 Å². The number of carbonyl (C=O) groups is 1. The van der Waals surface area contributed by atoms with Crippen LogP contribution < -0.4 is 5.73 Å². The van der Waals surface area contributed by atoms with Gasteiger partial charge in [0.25, 0.3) is 0 Å². The van der Waals surface area contributed by atoms with Crippen molar-refractivity contribution in [3.05, 3.63) is 0 Å². The van der Waals surface area contributed by atoms with E-state index in [1.807, 2.05) is 11.8 Å². The van der Waals surface area contributed by atoms with Gasteiger partial charge in [0, 0.05) is 25.0 Å². The molecule has 0 radical (unpaired) electrons. The van der Waals surface area contributed by atoms with Crippen molar-refractivity contribution >= 4 is 17.7 Å². The molecule has 1 amide bonds. The van der Waals surface area contributed by atoms with E-state index in [9.17, 15) is 4.79 Å². The maximum Gasteiger partial charge on any atom is 0.223 e. The normalized spacial score (nSPS) is 31.5. The van der Waals surface area contributed by atoms with E-state index in [2.05, 4.69) is 11.8 Å². The van der Waals surface area contributed by atoms with Gasteiger partial charge in [-0.15, -0.1) is 0 Å². The average Bonchev–Trinajstić information content (AvgIpc) is 2.30. The van der Waals surface area contributed by atoms with Crippen molar-refractivity contribution < 1.29 is 4.79 Å². The number of piperidine rings is 1. The number of nitrogens with two attached hydrogens (primary N) is 1. The summed E-state index contributed by atoms with van der Waals surface area (Å²) >= 11 is 2.02. The molecular formula is C13H24N2OS. The first-order valence-electron chi connectivity index (χ1n) is 6.79. The zero-order chi connectivity index (χ0) is 12.3. The number of hydrogen-bond donors (Lipinski definition) is 1. The van der Waals surface area contributed by atoms with Crippen LogP contribution in [0.4, 0.5) is 0 Å². The number of carbonyl (C=O) groups excluding carboxylic acids is 1. The van der Waals surface area contributed by atoms with Crippen molar-refractivity contribution in [1.82, 2.24) is 4.90 Å². The molecule has 0 bridgehead atoms. The molecule has 0 spiro atoms. The predicted molar refractivity (Wildman–Crippen MR) is 73.1 cm³/mol. The standard InChI is InChI=1S/C13H24N2OS/c1-10-8-12(14)2-5-15(10)13(16)9-11-3-6-17-7-4-11/h10-12H,2-9,14H2,1H3. The number of rotatable bonds is 2. The van der Waals surface area contributed by atoms with Gasteiger partial charge in [0.2, 0.25) is 5.91 Å². The molecule has 2 unspecified atom stereocenters. The lowest BCUT2D eigenvalue weighted by molar-refractivity contribution is -0.135. The molecule has 0 aliphatic carbocycles. The Labute approximate surface area is 108 Å². The molecule has 2 atom stereocenters. The Balaban J connectivity index is 1.82. The second-order valence-corrected chi connectivity index (χ2v) is 6.71. The Hall–Kier alpha value is -0.220. The van der Waals surface area contributed by atoms with Crippen LogP contribution in [0.15, 0.2) is 0 Å². The summed E-state index contributed by atoms with van der Waals surface area (Å²) in [4.78, 5) is 14.3. The van der Waals surface area contributed by atoms with Gasteiger partial charge < -0.3 is 10.6 Å². The van der Waals surface area contributed by atoms with Crippen LogP contribution in [0.25, 0.3) is 0 Å². The number of amides is 1. The molecule has 2 aliphatic rings. The van der Waals surface area contributed by atoms with Crippen LogP contribution in [0.1, 0.15) is 39.0 Å². The van der Waals surface area contributed by atoms with Crippen LogP contribution >= 0.6 is 11.8 Å². The van der Waals surface area contributed by atoms with E-state index in [-0.39, 0.29) is 0 Å².